The van der Waals surface area contributed by atoms with E-state index in [1.165, 1.54) is 23.1 Å². The highest BCUT2D eigenvalue weighted by Gasteiger charge is 2.47. The Bertz CT molecular complexity index is 1290. The highest BCUT2D eigenvalue weighted by Crippen LogP contribution is 2.41. The highest BCUT2D eigenvalue weighted by molar-refractivity contribution is 6.46. The lowest BCUT2D eigenvalue weighted by Gasteiger charge is -2.25. The number of ether oxygens (including phenoxy) is 1. The van der Waals surface area contributed by atoms with Crippen molar-refractivity contribution in [3.8, 4) is 5.75 Å². The van der Waals surface area contributed by atoms with Gasteiger partial charge in [-0.05, 0) is 54.3 Å². The van der Waals surface area contributed by atoms with Crippen molar-refractivity contribution in [2.24, 2.45) is 5.92 Å². The topological polar surface area (TPSA) is 79.7 Å². The van der Waals surface area contributed by atoms with Gasteiger partial charge in [-0.25, -0.2) is 4.39 Å². The summed E-state index contributed by atoms with van der Waals surface area (Å²) in [7, 11) is 0. The van der Waals surface area contributed by atoms with Gasteiger partial charge in [-0.1, -0.05) is 38.1 Å². The molecular weight excluding hydrogens is 447 g/mol. The van der Waals surface area contributed by atoms with E-state index in [2.05, 4.69) is 4.98 Å². The summed E-state index contributed by atoms with van der Waals surface area (Å²) < 4.78 is 20.7. The highest BCUT2D eigenvalue weighted by atomic mass is 19.1. The zero-order valence-corrected chi connectivity index (χ0v) is 19.9. The summed E-state index contributed by atoms with van der Waals surface area (Å²) in [5, 5.41) is 11.3. The molecule has 35 heavy (non-hydrogen) atoms. The minimum atomic E-state index is -1.09. The summed E-state index contributed by atoms with van der Waals surface area (Å²) in [5.74, 6) is -1.59. The van der Waals surface area contributed by atoms with E-state index in [1.807, 2.05) is 20.8 Å². The molecule has 1 N–H and O–H groups in total. The van der Waals surface area contributed by atoms with Gasteiger partial charge in [0.15, 0.2) is 0 Å². The molecule has 0 aliphatic carbocycles. The second kappa shape index (κ2) is 10.1. The Kier molecular flexibility index (Phi) is 6.96. The quantitative estimate of drug-likeness (QED) is 0.290. The lowest BCUT2D eigenvalue weighted by atomic mass is 9.94. The number of aryl methyl sites for hydroxylation is 1. The average Bonchev–Trinajstić information content (AvgIpc) is 3.08. The van der Waals surface area contributed by atoms with Crippen molar-refractivity contribution in [2.45, 2.75) is 33.4 Å². The molecule has 0 bridgehead atoms. The third kappa shape index (κ3) is 4.94. The van der Waals surface area contributed by atoms with Crippen LogP contribution in [-0.2, 0) is 16.1 Å². The van der Waals surface area contributed by atoms with Crippen LogP contribution in [0.15, 0.2) is 72.6 Å². The van der Waals surface area contributed by atoms with Gasteiger partial charge >= 0.3 is 0 Å². The fourth-order valence-corrected chi connectivity index (χ4v) is 4.12. The third-order valence-corrected chi connectivity index (χ3v) is 5.84. The lowest BCUT2D eigenvalue weighted by molar-refractivity contribution is -0.140. The Morgan fingerprint density at radius 1 is 1.14 bits per heavy atom. The van der Waals surface area contributed by atoms with Gasteiger partial charge in [0.05, 0.1) is 18.2 Å². The molecule has 0 spiro atoms. The number of aliphatic hydroxyl groups excluding tert-OH is 1. The minimum Gasteiger partial charge on any atom is -0.507 e. The van der Waals surface area contributed by atoms with Gasteiger partial charge in [-0.15, -0.1) is 0 Å². The van der Waals surface area contributed by atoms with Crippen LogP contribution in [0.4, 0.5) is 4.39 Å². The van der Waals surface area contributed by atoms with Crippen LogP contribution in [0.3, 0.4) is 0 Å². The number of amides is 1. The van der Waals surface area contributed by atoms with Crippen molar-refractivity contribution in [3.05, 3.63) is 101 Å². The Morgan fingerprint density at radius 2 is 1.91 bits per heavy atom. The fourth-order valence-electron chi connectivity index (χ4n) is 4.12. The summed E-state index contributed by atoms with van der Waals surface area (Å²) in [6.07, 6.45) is 3.18. The molecule has 1 aromatic heterocycles. The number of rotatable bonds is 7. The number of carbonyl (C=O) groups excluding carboxylic acids is 2. The molecule has 1 saturated heterocycles. The molecule has 4 rings (SSSR count). The van der Waals surface area contributed by atoms with E-state index in [1.54, 1.807) is 48.8 Å². The second-order valence-corrected chi connectivity index (χ2v) is 8.99. The summed E-state index contributed by atoms with van der Waals surface area (Å²) >= 11 is 0. The zero-order valence-electron chi connectivity index (χ0n) is 19.9. The molecule has 0 saturated carbocycles. The molecule has 2 aromatic carbocycles. The van der Waals surface area contributed by atoms with Crippen LogP contribution in [0, 0.1) is 18.7 Å². The summed E-state index contributed by atoms with van der Waals surface area (Å²) in [5.41, 5.74) is 1.77. The molecule has 180 valence electrons. The van der Waals surface area contributed by atoms with Crippen LogP contribution in [-0.4, -0.2) is 33.3 Å². The predicted molar refractivity (Wildman–Crippen MR) is 130 cm³/mol. The van der Waals surface area contributed by atoms with Gasteiger partial charge in [0, 0.05) is 30.1 Å². The van der Waals surface area contributed by atoms with Crippen molar-refractivity contribution >= 4 is 17.4 Å². The average molecular weight is 475 g/mol. The first-order chi connectivity index (χ1) is 16.8. The monoisotopic (exact) mass is 474 g/mol. The summed E-state index contributed by atoms with van der Waals surface area (Å²) in [6.45, 7) is 6.50. The smallest absolute Gasteiger partial charge is 0.295 e. The molecule has 3 aromatic rings. The predicted octanol–water partition coefficient (Wildman–Crippen LogP) is 5.19. The second-order valence-electron chi connectivity index (χ2n) is 8.99. The van der Waals surface area contributed by atoms with Crippen LogP contribution < -0.4 is 4.74 Å². The number of hydrogen-bond donors (Lipinski definition) is 1. The minimum absolute atomic E-state index is 0.0369. The van der Waals surface area contributed by atoms with Gasteiger partial charge < -0.3 is 14.7 Å². The first kappa shape index (κ1) is 24.1. The molecule has 1 atom stereocenters. The Morgan fingerprint density at radius 3 is 2.57 bits per heavy atom. The van der Waals surface area contributed by atoms with Crippen molar-refractivity contribution in [1.29, 1.82) is 0 Å². The largest absolute Gasteiger partial charge is 0.507 e. The number of benzene rings is 2. The van der Waals surface area contributed by atoms with Gasteiger partial charge in [0.2, 0.25) is 0 Å². The maximum Gasteiger partial charge on any atom is 0.295 e. The normalized spacial score (nSPS) is 17.3. The zero-order chi connectivity index (χ0) is 25.1. The number of aliphatic hydroxyl groups is 1. The number of nitrogens with zero attached hydrogens (tertiary/aromatic N) is 2. The Hall–Kier alpha value is -4.00. The molecule has 1 aliphatic heterocycles. The number of ketones is 1. The van der Waals surface area contributed by atoms with Crippen molar-refractivity contribution in [3.63, 3.8) is 0 Å². The van der Waals surface area contributed by atoms with Gasteiger partial charge in [0.1, 0.15) is 17.3 Å². The third-order valence-electron chi connectivity index (χ3n) is 5.84. The number of hydrogen-bond acceptors (Lipinski definition) is 5. The maximum atomic E-state index is 14.9. The molecule has 7 heteroatoms. The number of halogens is 1. The number of carbonyl (C=O) groups is 2. The molecule has 6 nitrogen and oxygen atoms in total. The summed E-state index contributed by atoms with van der Waals surface area (Å²) in [6, 6.07) is 13.4. The molecule has 1 amide bonds. The molecule has 1 unspecified atom stereocenters. The molecule has 0 radical (unpaired) electrons. The molecular formula is C28H27FN2O4. The number of likely N-dealkylation sites (tertiary alicyclic amines) is 1. The first-order valence-electron chi connectivity index (χ1n) is 11.4. The van der Waals surface area contributed by atoms with E-state index in [-0.39, 0.29) is 23.4 Å². The number of Topliss-reactive ketones (excluding diaryl/α,β-unsaturated/α-hetero) is 1. The van der Waals surface area contributed by atoms with Crippen LogP contribution in [0.5, 0.6) is 5.75 Å². The van der Waals surface area contributed by atoms with Crippen molar-refractivity contribution in [1.82, 2.24) is 9.88 Å². The Balaban J connectivity index is 1.81. The van der Waals surface area contributed by atoms with Crippen molar-refractivity contribution < 1.29 is 23.8 Å². The van der Waals surface area contributed by atoms with E-state index < -0.39 is 23.5 Å². The SMILES string of the molecule is Cc1cc(/C(O)=C2\C(=O)C(=O)N(Cc3cccnc3)C2c2ccccc2F)ccc1OCC(C)C. The Labute approximate surface area is 203 Å². The van der Waals surface area contributed by atoms with E-state index >= 15 is 0 Å². The van der Waals surface area contributed by atoms with Gasteiger partial charge in [0.25, 0.3) is 11.7 Å². The number of aromatic nitrogens is 1. The van der Waals surface area contributed by atoms with E-state index in [9.17, 15) is 19.1 Å². The first-order valence-corrected chi connectivity index (χ1v) is 11.4. The van der Waals surface area contributed by atoms with E-state index in [4.69, 9.17) is 4.74 Å². The summed E-state index contributed by atoms with van der Waals surface area (Å²) in [4.78, 5) is 31.6. The molecule has 2 heterocycles. The maximum absolute atomic E-state index is 14.9. The van der Waals surface area contributed by atoms with E-state index in [0.717, 1.165) is 5.56 Å². The fraction of sp³-hybridized carbons (Fsp3) is 0.250. The van der Waals surface area contributed by atoms with Crippen LogP contribution in [0.1, 0.15) is 42.1 Å². The van der Waals surface area contributed by atoms with Crippen molar-refractivity contribution in [2.75, 3.05) is 6.61 Å². The van der Waals surface area contributed by atoms with Crippen LogP contribution in [0.25, 0.3) is 5.76 Å². The number of pyridine rings is 1. The molecule has 1 aliphatic rings. The van der Waals surface area contributed by atoms with Gasteiger partial charge in [-0.2, -0.15) is 0 Å². The van der Waals surface area contributed by atoms with Crippen LogP contribution >= 0.6 is 0 Å². The lowest BCUT2D eigenvalue weighted by Crippen LogP contribution is -2.29. The van der Waals surface area contributed by atoms with Gasteiger partial charge in [-0.3, -0.25) is 14.6 Å². The van der Waals surface area contributed by atoms with Crippen LogP contribution in [0.2, 0.25) is 0 Å². The van der Waals surface area contributed by atoms with E-state index in [0.29, 0.717) is 29.4 Å². The molecule has 1 fully saturated rings. The standard InChI is InChI=1S/C28H27FN2O4/c1-17(2)16-35-23-11-10-20(13-18(23)3)26(32)24-25(21-8-4-5-9-22(21)29)31(28(34)27(24)33)15-19-7-6-12-30-14-19/h4-14,17,25,32H,15-16H2,1-3H3/b26-24+.